The summed E-state index contributed by atoms with van der Waals surface area (Å²) in [6.07, 6.45) is 1.78. The predicted octanol–water partition coefficient (Wildman–Crippen LogP) is 1.13. The van der Waals surface area contributed by atoms with Gasteiger partial charge in [0.1, 0.15) is 6.61 Å². The van der Waals surface area contributed by atoms with E-state index in [1.165, 1.54) is 10.8 Å². The van der Waals surface area contributed by atoms with E-state index in [1.807, 2.05) is 0 Å². The smallest absolute Gasteiger partial charge is 0.378 e. The Kier molecular flexibility index (Phi) is 6.34. The van der Waals surface area contributed by atoms with E-state index >= 15 is 0 Å². The van der Waals surface area contributed by atoms with Crippen molar-refractivity contribution in [3.05, 3.63) is 0 Å². The first-order chi connectivity index (χ1) is 4.31. The average Bonchev–Trinajstić information content (AvgIpc) is 1.85. The minimum absolute atomic E-state index is 0.0897. The predicted molar refractivity (Wildman–Crippen MR) is 39.5 cm³/mol. The van der Waals surface area contributed by atoms with E-state index in [-0.39, 0.29) is 18.5 Å². The minimum Gasteiger partial charge on any atom is -0.455 e. The quantitative estimate of drug-likeness (QED) is 0.505. The van der Waals surface area contributed by atoms with Crippen LogP contribution in [0.5, 0.6) is 0 Å². The van der Waals surface area contributed by atoms with Gasteiger partial charge in [-0.3, -0.25) is 0 Å². The molecule has 0 saturated heterocycles. The number of carbonyl (C=O) groups excluding carboxylic acids is 1. The average molecular weight is 168 g/mol. The van der Waals surface area contributed by atoms with Crippen molar-refractivity contribution >= 4 is 26.9 Å². The van der Waals surface area contributed by atoms with Crippen LogP contribution >= 0.6 is 21.6 Å². The van der Waals surface area contributed by atoms with E-state index in [2.05, 4.69) is 4.74 Å². The van der Waals surface area contributed by atoms with Crippen LogP contribution in [0.15, 0.2) is 0 Å². The third-order valence-corrected chi connectivity index (χ3v) is 1.79. The van der Waals surface area contributed by atoms with Gasteiger partial charge in [-0.25, -0.2) is 4.79 Å². The first kappa shape index (κ1) is 9.13. The lowest BCUT2D eigenvalue weighted by Gasteiger charge is -1.97. The maximum absolute atomic E-state index is 10.4. The maximum atomic E-state index is 10.4. The van der Waals surface area contributed by atoms with E-state index in [1.54, 1.807) is 6.26 Å². The zero-order chi connectivity index (χ0) is 7.11. The van der Waals surface area contributed by atoms with Gasteiger partial charge in [0.15, 0.2) is 0 Å². The zero-order valence-electron chi connectivity index (χ0n) is 4.99. The molecule has 0 aliphatic heterocycles. The molecule has 0 aromatic carbocycles. The van der Waals surface area contributed by atoms with Gasteiger partial charge in [-0.1, -0.05) is 10.8 Å². The van der Waals surface area contributed by atoms with E-state index in [0.29, 0.717) is 0 Å². The summed E-state index contributed by atoms with van der Waals surface area (Å²) in [7, 11) is 2.34. The number of rotatable bonds is 3. The Morgan fingerprint density at radius 3 is 2.89 bits per heavy atom. The van der Waals surface area contributed by atoms with Crippen LogP contribution in [0.1, 0.15) is 0 Å². The van der Waals surface area contributed by atoms with Gasteiger partial charge >= 0.3 is 5.30 Å². The van der Waals surface area contributed by atoms with Crippen molar-refractivity contribution in [2.24, 2.45) is 0 Å². The second kappa shape index (κ2) is 6.25. The second-order valence-corrected chi connectivity index (χ2v) is 3.41. The van der Waals surface area contributed by atoms with Crippen LogP contribution in [0.3, 0.4) is 0 Å². The van der Waals surface area contributed by atoms with Crippen LogP contribution < -0.4 is 0 Å². The topological polar surface area (TPSA) is 46.5 Å². The summed E-state index contributed by atoms with van der Waals surface area (Å²) in [6.45, 7) is -0.0208. The Morgan fingerprint density at radius 1 is 1.78 bits per heavy atom. The van der Waals surface area contributed by atoms with Crippen LogP contribution in [0.25, 0.3) is 0 Å². The van der Waals surface area contributed by atoms with E-state index < -0.39 is 0 Å². The molecule has 0 fully saturated rings. The van der Waals surface area contributed by atoms with E-state index in [4.69, 9.17) is 5.11 Å². The fourth-order valence-electron chi connectivity index (χ4n) is 0.221. The standard InChI is InChI=1S/C4H8O3S2/c1-8-9-4(6)7-3-2-5/h5H,2-3H2,1H3. The maximum Gasteiger partial charge on any atom is 0.378 e. The van der Waals surface area contributed by atoms with Crippen molar-refractivity contribution in [2.45, 2.75) is 0 Å². The monoisotopic (exact) mass is 168 g/mol. The highest BCUT2D eigenvalue weighted by atomic mass is 33.1. The third-order valence-electron chi connectivity index (χ3n) is 0.463. The molecule has 9 heavy (non-hydrogen) atoms. The molecule has 0 aliphatic rings. The normalized spacial score (nSPS) is 9.11. The van der Waals surface area contributed by atoms with E-state index in [9.17, 15) is 4.79 Å². The van der Waals surface area contributed by atoms with Crippen LogP contribution in [0.4, 0.5) is 4.79 Å². The molecule has 0 heterocycles. The fourth-order valence-corrected chi connectivity index (χ4v) is 1.04. The third kappa shape index (κ3) is 6.01. The molecular formula is C4H8O3S2. The van der Waals surface area contributed by atoms with E-state index in [0.717, 1.165) is 10.8 Å². The molecule has 0 radical (unpaired) electrons. The summed E-state index contributed by atoms with van der Waals surface area (Å²) in [5.41, 5.74) is 0. The number of hydrogen-bond donors (Lipinski definition) is 1. The number of carbonyl (C=O) groups is 1. The van der Waals surface area contributed by atoms with Crippen molar-refractivity contribution in [1.82, 2.24) is 0 Å². The van der Waals surface area contributed by atoms with Crippen LogP contribution in [-0.2, 0) is 4.74 Å². The number of hydrogen-bond acceptors (Lipinski definition) is 5. The van der Waals surface area contributed by atoms with Gasteiger partial charge < -0.3 is 9.84 Å². The lowest BCUT2D eigenvalue weighted by molar-refractivity contribution is 0.142. The van der Waals surface area contributed by atoms with Gasteiger partial charge in [-0.2, -0.15) is 0 Å². The SMILES string of the molecule is CSSC(=O)OCCO. The van der Waals surface area contributed by atoms with Gasteiger partial charge in [0.25, 0.3) is 0 Å². The van der Waals surface area contributed by atoms with Crippen molar-refractivity contribution in [2.75, 3.05) is 19.5 Å². The summed E-state index contributed by atoms with van der Waals surface area (Å²) in [5.74, 6) is 0. The second-order valence-electron chi connectivity index (χ2n) is 1.07. The molecule has 0 unspecified atom stereocenters. The van der Waals surface area contributed by atoms with Crippen LogP contribution in [-0.4, -0.2) is 29.9 Å². The highest BCUT2D eigenvalue weighted by Gasteiger charge is 1.99. The first-order valence-corrected chi connectivity index (χ1v) is 4.85. The molecule has 0 aliphatic carbocycles. The van der Waals surface area contributed by atoms with Crippen molar-refractivity contribution in [1.29, 1.82) is 0 Å². The molecule has 0 amide bonds. The molecule has 0 aromatic rings. The molecule has 0 aromatic heterocycles. The lowest BCUT2D eigenvalue weighted by Crippen LogP contribution is -2.01. The summed E-state index contributed by atoms with van der Waals surface area (Å²) in [6, 6.07) is 0. The number of aliphatic hydroxyl groups is 1. The van der Waals surface area contributed by atoms with Gasteiger partial charge in [-0.15, -0.1) is 0 Å². The summed E-state index contributed by atoms with van der Waals surface area (Å²) < 4.78 is 4.48. The molecular weight excluding hydrogens is 160 g/mol. The zero-order valence-corrected chi connectivity index (χ0v) is 6.63. The molecule has 0 rings (SSSR count). The highest BCUT2D eigenvalue weighted by molar-refractivity contribution is 8.81. The minimum atomic E-state index is -0.350. The number of aliphatic hydroxyl groups excluding tert-OH is 1. The summed E-state index contributed by atoms with van der Waals surface area (Å²) >= 11 is 0. The Bertz CT molecular complexity index is 85.9. The Hall–Kier alpha value is 0.130. The molecule has 5 heteroatoms. The van der Waals surface area contributed by atoms with Gasteiger partial charge in [0.2, 0.25) is 0 Å². The van der Waals surface area contributed by atoms with Gasteiger partial charge in [-0.05, 0) is 6.26 Å². The Balaban J connectivity index is 3.06. The van der Waals surface area contributed by atoms with Gasteiger partial charge in [0, 0.05) is 10.8 Å². The van der Waals surface area contributed by atoms with Crippen LogP contribution in [0.2, 0.25) is 0 Å². The van der Waals surface area contributed by atoms with Crippen molar-refractivity contribution < 1.29 is 14.6 Å². The largest absolute Gasteiger partial charge is 0.455 e. The molecule has 0 spiro atoms. The first-order valence-electron chi connectivity index (χ1n) is 2.29. The summed E-state index contributed by atoms with van der Waals surface area (Å²) in [5, 5.41) is 7.84. The molecule has 3 nitrogen and oxygen atoms in total. The molecule has 0 bridgehead atoms. The lowest BCUT2D eigenvalue weighted by atomic mass is 10.8. The molecule has 54 valence electrons. The highest BCUT2D eigenvalue weighted by Crippen LogP contribution is 2.18. The number of ether oxygens (including phenoxy) is 1. The van der Waals surface area contributed by atoms with Gasteiger partial charge in [0.05, 0.1) is 6.61 Å². The molecule has 1 N–H and O–H groups in total. The Labute approximate surface area is 61.5 Å². The Morgan fingerprint density at radius 2 is 2.44 bits per heavy atom. The van der Waals surface area contributed by atoms with Crippen molar-refractivity contribution in [3.63, 3.8) is 0 Å². The molecule has 0 saturated carbocycles. The van der Waals surface area contributed by atoms with Crippen LogP contribution in [0, 0.1) is 0 Å². The summed E-state index contributed by atoms with van der Waals surface area (Å²) in [4.78, 5) is 10.4. The fraction of sp³-hybridized carbons (Fsp3) is 0.750. The van der Waals surface area contributed by atoms with Crippen molar-refractivity contribution in [3.8, 4) is 0 Å². The molecule has 0 atom stereocenters.